The molecule has 0 bridgehead atoms. The van der Waals surface area contributed by atoms with Crippen LogP contribution in [0.1, 0.15) is 5.56 Å². The number of nitro groups is 1. The van der Waals surface area contributed by atoms with Crippen LogP contribution in [0.3, 0.4) is 0 Å². The zero-order valence-corrected chi connectivity index (χ0v) is 10.4. The Kier molecular flexibility index (Phi) is 3.00. The molecule has 0 spiro atoms. The van der Waals surface area contributed by atoms with Crippen LogP contribution in [0.15, 0.2) is 42.9 Å². The summed E-state index contributed by atoms with van der Waals surface area (Å²) >= 11 is 0. The maximum atomic E-state index is 11.0. The van der Waals surface area contributed by atoms with Crippen LogP contribution in [0.2, 0.25) is 0 Å². The van der Waals surface area contributed by atoms with E-state index >= 15 is 0 Å². The minimum Gasteiger partial charge on any atom is -0.380 e. The van der Waals surface area contributed by atoms with E-state index in [4.69, 9.17) is 0 Å². The molecular formula is C13H11N5O2. The topological polar surface area (TPSA) is 96.7 Å². The number of hydrogen-bond donors (Lipinski definition) is 2. The highest BCUT2D eigenvalue weighted by Crippen LogP contribution is 2.29. The molecule has 0 aliphatic carbocycles. The molecule has 2 aromatic heterocycles. The molecule has 0 aliphatic heterocycles. The summed E-state index contributed by atoms with van der Waals surface area (Å²) in [5.74, 6) is 0. The second-order valence-electron chi connectivity index (χ2n) is 4.25. The molecule has 100 valence electrons. The molecule has 2 heterocycles. The maximum absolute atomic E-state index is 11.0. The summed E-state index contributed by atoms with van der Waals surface area (Å²) in [6.45, 7) is 0.582. The fourth-order valence-corrected chi connectivity index (χ4v) is 2.03. The Labute approximate surface area is 113 Å². The predicted molar refractivity (Wildman–Crippen MR) is 74.3 cm³/mol. The first-order chi connectivity index (χ1) is 9.75. The molecular weight excluding hydrogens is 258 g/mol. The third kappa shape index (κ3) is 2.16. The molecule has 1 aromatic carbocycles. The molecule has 0 saturated heterocycles. The molecule has 0 aliphatic rings. The Hall–Kier alpha value is -2.96. The van der Waals surface area contributed by atoms with Gasteiger partial charge in [0.15, 0.2) is 0 Å². The Morgan fingerprint density at radius 2 is 2.25 bits per heavy atom. The molecule has 0 amide bonds. The van der Waals surface area contributed by atoms with Gasteiger partial charge in [-0.1, -0.05) is 0 Å². The second-order valence-corrected chi connectivity index (χ2v) is 4.25. The van der Waals surface area contributed by atoms with Gasteiger partial charge in [-0.2, -0.15) is 5.10 Å². The van der Waals surface area contributed by atoms with Gasteiger partial charge in [-0.25, -0.2) is 4.98 Å². The van der Waals surface area contributed by atoms with E-state index in [1.54, 1.807) is 30.7 Å². The number of nitro benzene ring substituents is 1. The van der Waals surface area contributed by atoms with E-state index in [0.717, 1.165) is 16.6 Å². The minimum atomic E-state index is -0.421. The number of H-pyrrole nitrogens is 1. The normalized spacial score (nSPS) is 10.6. The van der Waals surface area contributed by atoms with E-state index in [1.165, 1.54) is 6.07 Å². The Balaban J connectivity index is 1.99. The van der Waals surface area contributed by atoms with Crippen LogP contribution in [0.5, 0.6) is 0 Å². The number of non-ortho nitro benzene ring substituents is 1. The van der Waals surface area contributed by atoms with Crippen molar-refractivity contribution in [3.63, 3.8) is 0 Å². The quantitative estimate of drug-likeness (QED) is 0.560. The van der Waals surface area contributed by atoms with Crippen molar-refractivity contribution in [2.45, 2.75) is 6.54 Å². The van der Waals surface area contributed by atoms with E-state index in [0.29, 0.717) is 12.1 Å². The summed E-state index contributed by atoms with van der Waals surface area (Å²) in [6, 6.07) is 6.73. The van der Waals surface area contributed by atoms with Crippen LogP contribution in [0, 0.1) is 10.1 Å². The van der Waals surface area contributed by atoms with Gasteiger partial charge >= 0.3 is 0 Å². The highest BCUT2D eigenvalue weighted by Gasteiger charge is 2.15. The number of benzene rings is 1. The first-order valence-corrected chi connectivity index (χ1v) is 5.99. The Morgan fingerprint density at radius 3 is 3.00 bits per heavy atom. The van der Waals surface area contributed by atoms with Gasteiger partial charge in [0.25, 0.3) is 5.69 Å². The van der Waals surface area contributed by atoms with Gasteiger partial charge in [0.05, 0.1) is 11.1 Å². The molecule has 0 saturated carbocycles. The number of aromatic amines is 1. The molecule has 3 rings (SSSR count). The first kappa shape index (κ1) is 12.1. The third-order valence-corrected chi connectivity index (χ3v) is 2.98. The summed E-state index contributed by atoms with van der Waals surface area (Å²) in [6.07, 6.45) is 5.06. The van der Waals surface area contributed by atoms with Crippen LogP contribution in [-0.4, -0.2) is 20.1 Å². The molecule has 7 heteroatoms. The molecule has 0 fully saturated rings. The smallest absolute Gasteiger partial charge is 0.295 e. The van der Waals surface area contributed by atoms with Crippen LogP contribution < -0.4 is 5.32 Å². The van der Waals surface area contributed by atoms with Crippen molar-refractivity contribution in [1.82, 2.24) is 15.2 Å². The summed E-state index contributed by atoms with van der Waals surface area (Å²) in [5.41, 5.74) is 2.20. The van der Waals surface area contributed by atoms with Crippen LogP contribution >= 0.6 is 0 Å². The summed E-state index contributed by atoms with van der Waals surface area (Å²) in [4.78, 5) is 14.7. The number of rotatable bonds is 4. The first-order valence-electron chi connectivity index (χ1n) is 5.99. The number of fused-ring (bicyclic) bond motifs is 1. The lowest BCUT2D eigenvalue weighted by atomic mass is 10.1. The largest absolute Gasteiger partial charge is 0.380 e. The van der Waals surface area contributed by atoms with Crippen molar-refractivity contribution in [1.29, 1.82) is 0 Å². The van der Waals surface area contributed by atoms with Crippen molar-refractivity contribution >= 4 is 22.3 Å². The summed E-state index contributed by atoms with van der Waals surface area (Å²) < 4.78 is 0. The van der Waals surface area contributed by atoms with Crippen molar-refractivity contribution < 1.29 is 4.92 Å². The molecule has 7 nitrogen and oxygen atoms in total. The van der Waals surface area contributed by atoms with Gasteiger partial charge in [-0.05, 0) is 18.2 Å². The molecule has 0 radical (unpaired) electrons. The number of nitrogens with zero attached hydrogens (tertiary/aromatic N) is 3. The monoisotopic (exact) mass is 269 g/mol. The SMILES string of the molecule is O=[N+]([O-])c1ccc(NCc2cn[nH]c2)c2cccnc12. The summed E-state index contributed by atoms with van der Waals surface area (Å²) in [5, 5.41) is 21.6. The highest BCUT2D eigenvalue weighted by atomic mass is 16.6. The van der Waals surface area contributed by atoms with Gasteiger partial charge in [-0.3, -0.25) is 15.2 Å². The fraction of sp³-hybridized carbons (Fsp3) is 0.0769. The zero-order chi connectivity index (χ0) is 13.9. The van der Waals surface area contributed by atoms with E-state index in [2.05, 4.69) is 20.5 Å². The lowest BCUT2D eigenvalue weighted by Crippen LogP contribution is -2.00. The van der Waals surface area contributed by atoms with Crippen molar-refractivity contribution in [2.24, 2.45) is 0 Å². The lowest BCUT2D eigenvalue weighted by molar-refractivity contribution is -0.383. The van der Waals surface area contributed by atoms with E-state index < -0.39 is 4.92 Å². The average Bonchev–Trinajstić information content (AvgIpc) is 2.97. The van der Waals surface area contributed by atoms with Gasteiger partial charge in [-0.15, -0.1) is 0 Å². The van der Waals surface area contributed by atoms with E-state index in [1.807, 2.05) is 6.07 Å². The van der Waals surface area contributed by atoms with Gasteiger partial charge in [0.2, 0.25) is 0 Å². The molecule has 0 atom stereocenters. The van der Waals surface area contributed by atoms with Crippen molar-refractivity contribution in [3.8, 4) is 0 Å². The number of aromatic nitrogens is 3. The number of hydrogen-bond acceptors (Lipinski definition) is 5. The fourth-order valence-electron chi connectivity index (χ4n) is 2.03. The second kappa shape index (κ2) is 4.96. The standard InChI is InChI=1S/C13H11N5O2/c19-18(20)12-4-3-11(10-2-1-5-14-13(10)12)15-6-9-7-16-17-8-9/h1-5,7-8,15H,6H2,(H,16,17). The maximum Gasteiger partial charge on any atom is 0.295 e. The number of anilines is 1. The molecule has 3 aromatic rings. The summed E-state index contributed by atoms with van der Waals surface area (Å²) in [7, 11) is 0. The zero-order valence-electron chi connectivity index (χ0n) is 10.4. The number of pyridine rings is 1. The van der Waals surface area contributed by atoms with Crippen LogP contribution in [-0.2, 0) is 6.54 Å². The molecule has 0 unspecified atom stereocenters. The predicted octanol–water partition coefficient (Wildman–Crippen LogP) is 2.48. The highest BCUT2D eigenvalue weighted by molar-refractivity contribution is 5.96. The van der Waals surface area contributed by atoms with E-state index in [9.17, 15) is 10.1 Å². The molecule has 20 heavy (non-hydrogen) atoms. The Morgan fingerprint density at radius 1 is 1.35 bits per heavy atom. The van der Waals surface area contributed by atoms with Gasteiger partial charge in [0, 0.05) is 41.6 Å². The number of nitrogens with one attached hydrogen (secondary N) is 2. The van der Waals surface area contributed by atoms with Crippen molar-refractivity contribution in [2.75, 3.05) is 5.32 Å². The van der Waals surface area contributed by atoms with Crippen LogP contribution in [0.4, 0.5) is 11.4 Å². The Bertz CT molecular complexity index is 755. The van der Waals surface area contributed by atoms with Gasteiger partial charge < -0.3 is 5.32 Å². The van der Waals surface area contributed by atoms with Crippen molar-refractivity contribution in [3.05, 3.63) is 58.5 Å². The lowest BCUT2D eigenvalue weighted by Gasteiger charge is -2.08. The van der Waals surface area contributed by atoms with Gasteiger partial charge in [0.1, 0.15) is 5.52 Å². The molecule has 2 N–H and O–H groups in total. The van der Waals surface area contributed by atoms with Crippen LogP contribution in [0.25, 0.3) is 10.9 Å². The minimum absolute atomic E-state index is 0.00876. The third-order valence-electron chi connectivity index (χ3n) is 2.98. The average molecular weight is 269 g/mol. The van der Waals surface area contributed by atoms with E-state index in [-0.39, 0.29) is 5.69 Å².